The molecule has 7 aromatic rings. The Morgan fingerprint density at radius 3 is 2.83 bits per heavy atom. The zero-order chi connectivity index (χ0) is 22.5. The van der Waals surface area contributed by atoms with Crippen LogP contribution in [0.3, 0.4) is 0 Å². The Morgan fingerprint density at radius 1 is 0.857 bits per heavy atom. The number of pyridine rings is 4. The number of nitrogens with zero attached hydrogens (tertiary/aromatic N) is 5. The van der Waals surface area contributed by atoms with Gasteiger partial charge in [0.1, 0.15) is 40.5 Å². The van der Waals surface area contributed by atoms with E-state index in [2.05, 4.69) is 97.8 Å². The molecule has 160 valence electrons. The Bertz CT molecular complexity index is 2160. The zero-order valence-electron chi connectivity index (χ0n) is 18.3. The van der Waals surface area contributed by atoms with Gasteiger partial charge in [-0.15, -0.1) is 4.57 Å². The van der Waals surface area contributed by atoms with E-state index >= 15 is 0 Å². The summed E-state index contributed by atoms with van der Waals surface area (Å²) in [5, 5.41) is 3.35. The summed E-state index contributed by atoms with van der Waals surface area (Å²) in [7, 11) is 0. The van der Waals surface area contributed by atoms with Crippen LogP contribution in [0.5, 0.6) is 11.5 Å². The van der Waals surface area contributed by atoms with Gasteiger partial charge in [-0.25, -0.2) is 9.97 Å². The molecule has 1 unspecified atom stereocenters. The van der Waals surface area contributed by atoms with E-state index in [1.165, 1.54) is 27.8 Å². The van der Waals surface area contributed by atoms with E-state index in [-0.39, 0.29) is 0 Å². The predicted octanol–water partition coefficient (Wildman–Crippen LogP) is 4.46. The average molecular weight is 449 g/mol. The van der Waals surface area contributed by atoms with Crippen molar-refractivity contribution < 1.29 is 13.9 Å². The highest BCUT2D eigenvalue weighted by molar-refractivity contribution is 6.14. The van der Waals surface area contributed by atoms with Crippen LogP contribution in [0.2, 0.25) is 0 Å². The molecule has 0 amide bonds. The molecule has 35 heavy (non-hydrogen) atoms. The molecule has 3 aliphatic heterocycles. The Kier molecular flexibility index (Phi) is 2.45. The second-order valence-corrected chi connectivity index (χ2v) is 9.54. The van der Waals surface area contributed by atoms with E-state index in [4.69, 9.17) is 9.72 Å². The lowest BCUT2D eigenvalue weighted by Gasteiger charge is -2.27. The fraction of sp³-hybridized carbons (Fsp3) is 0.0345. The Morgan fingerprint density at radius 2 is 1.83 bits per heavy atom. The summed E-state index contributed by atoms with van der Waals surface area (Å²) >= 11 is 0. The molecule has 5 aromatic heterocycles. The third kappa shape index (κ3) is 1.57. The summed E-state index contributed by atoms with van der Waals surface area (Å²) in [5.74, 6) is 1.81. The van der Waals surface area contributed by atoms with Crippen molar-refractivity contribution in [3.05, 3.63) is 103 Å². The van der Waals surface area contributed by atoms with Crippen LogP contribution in [0.15, 0.2) is 91.5 Å². The number of ether oxygens (including phenoxy) is 1. The maximum absolute atomic E-state index is 6.60. The van der Waals surface area contributed by atoms with Gasteiger partial charge < -0.3 is 4.74 Å². The van der Waals surface area contributed by atoms with Crippen LogP contribution in [0.1, 0.15) is 11.1 Å². The van der Waals surface area contributed by atoms with E-state index < -0.39 is 5.66 Å². The van der Waals surface area contributed by atoms with Gasteiger partial charge >= 0.3 is 11.3 Å². The molecule has 0 N–H and O–H groups in total. The van der Waals surface area contributed by atoms with E-state index in [9.17, 15) is 0 Å². The van der Waals surface area contributed by atoms with Gasteiger partial charge in [0.2, 0.25) is 5.69 Å². The second kappa shape index (κ2) is 5.13. The number of imidazole rings is 1. The van der Waals surface area contributed by atoms with E-state index in [1.807, 2.05) is 6.07 Å². The molecule has 6 heteroatoms. The summed E-state index contributed by atoms with van der Waals surface area (Å²) in [6, 6.07) is 23.3. The lowest BCUT2D eigenvalue weighted by atomic mass is 9.86. The Labute approximate surface area is 197 Å². The molecule has 6 nitrogen and oxygen atoms in total. The van der Waals surface area contributed by atoms with Crippen molar-refractivity contribution in [1.82, 2.24) is 14.4 Å². The summed E-state index contributed by atoms with van der Waals surface area (Å²) in [6.45, 7) is 0. The number of rotatable bonds is 0. The zero-order valence-corrected chi connectivity index (χ0v) is 18.3. The highest BCUT2D eigenvalue weighted by atomic mass is 16.5. The lowest BCUT2D eigenvalue weighted by molar-refractivity contribution is -0.950. The van der Waals surface area contributed by atoms with E-state index in [0.29, 0.717) is 0 Å². The highest BCUT2D eigenvalue weighted by Gasteiger charge is 2.68. The largest absolute Gasteiger partial charge is 0.456 e. The molecule has 0 saturated heterocycles. The summed E-state index contributed by atoms with van der Waals surface area (Å²) in [6.07, 6.45) is 8.39. The first-order chi connectivity index (χ1) is 17.4. The summed E-state index contributed by atoms with van der Waals surface area (Å²) in [5.41, 5.74) is 8.19. The molecule has 0 aliphatic carbocycles. The molecule has 0 radical (unpaired) electrons. The van der Waals surface area contributed by atoms with Crippen molar-refractivity contribution >= 4 is 38.5 Å². The van der Waals surface area contributed by atoms with Gasteiger partial charge in [0, 0.05) is 29.1 Å². The van der Waals surface area contributed by atoms with Gasteiger partial charge in [-0.3, -0.25) is 0 Å². The molecule has 2 aromatic carbocycles. The highest BCUT2D eigenvalue weighted by Crippen LogP contribution is 2.56. The molecule has 3 aliphatic rings. The van der Waals surface area contributed by atoms with Crippen LogP contribution in [-0.2, 0) is 5.66 Å². The standard InChI is InChI=1S/C29H15N5O/c1-2-12-33-19(7-1)17-6-3-8-21-24(17)29(33)25-22(35-21)10-9-18-23(25)28-32(13-14-34(28)29)20-15-16-5-4-11-30-27(16)31-26(18)20/h1-15H/q+2. The van der Waals surface area contributed by atoms with E-state index in [0.717, 1.165) is 44.6 Å². The van der Waals surface area contributed by atoms with Gasteiger partial charge in [0.25, 0.3) is 0 Å². The average Bonchev–Trinajstić information content (AvgIpc) is 3.56. The van der Waals surface area contributed by atoms with Crippen LogP contribution in [0.4, 0.5) is 0 Å². The third-order valence-electron chi connectivity index (χ3n) is 8.07. The van der Waals surface area contributed by atoms with Crippen LogP contribution in [0, 0.1) is 0 Å². The van der Waals surface area contributed by atoms with Gasteiger partial charge in [-0.1, -0.05) is 6.07 Å². The number of hydrogen-bond donors (Lipinski definition) is 0. The fourth-order valence-corrected chi connectivity index (χ4v) is 6.88. The molecule has 0 fully saturated rings. The van der Waals surface area contributed by atoms with E-state index in [1.54, 1.807) is 6.20 Å². The molecule has 1 spiro atoms. The molecule has 0 saturated carbocycles. The fourth-order valence-electron chi connectivity index (χ4n) is 6.88. The van der Waals surface area contributed by atoms with Crippen molar-refractivity contribution in [1.29, 1.82) is 0 Å². The van der Waals surface area contributed by atoms with Crippen molar-refractivity contribution in [3.8, 4) is 22.8 Å². The summed E-state index contributed by atoms with van der Waals surface area (Å²) in [4.78, 5) is 9.60. The Balaban J connectivity index is 1.52. The number of aromatic nitrogens is 5. The molecule has 0 bridgehead atoms. The summed E-state index contributed by atoms with van der Waals surface area (Å²) < 4.78 is 13.7. The SMILES string of the molecule is c1cc2c3c(c1)-c1cccc[n+]1C31c3c(ccc4c5nc6ncccc6cc5n5cc[n+]1c5c34)O2. The predicted molar refractivity (Wildman–Crippen MR) is 129 cm³/mol. The van der Waals surface area contributed by atoms with Crippen molar-refractivity contribution in [2.75, 3.05) is 0 Å². The molecular formula is C29H15N5O+2. The van der Waals surface area contributed by atoms with Gasteiger partial charge in [-0.05, 0) is 48.5 Å². The normalized spacial score (nSPS) is 18.1. The van der Waals surface area contributed by atoms with Gasteiger partial charge in [-0.2, -0.15) is 8.97 Å². The van der Waals surface area contributed by atoms with Crippen molar-refractivity contribution in [3.63, 3.8) is 0 Å². The second-order valence-electron chi connectivity index (χ2n) is 9.54. The monoisotopic (exact) mass is 449 g/mol. The molecule has 8 heterocycles. The van der Waals surface area contributed by atoms with Gasteiger partial charge in [0.05, 0.1) is 10.9 Å². The minimum Gasteiger partial charge on any atom is -0.456 e. The maximum atomic E-state index is 6.60. The Hall–Kier alpha value is -4.84. The van der Waals surface area contributed by atoms with Crippen LogP contribution in [0.25, 0.3) is 49.7 Å². The first kappa shape index (κ1) is 16.7. The number of hydrogen-bond acceptors (Lipinski definition) is 3. The minimum atomic E-state index is -0.540. The topological polar surface area (TPSA) is 47.2 Å². The van der Waals surface area contributed by atoms with Crippen LogP contribution < -0.4 is 13.9 Å². The van der Waals surface area contributed by atoms with Crippen LogP contribution >= 0.6 is 0 Å². The molecule has 10 rings (SSSR count). The molecular weight excluding hydrogens is 434 g/mol. The number of benzene rings is 2. The van der Waals surface area contributed by atoms with Crippen molar-refractivity contribution in [2.45, 2.75) is 5.66 Å². The minimum absolute atomic E-state index is 0.540. The van der Waals surface area contributed by atoms with Crippen LogP contribution in [-0.4, -0.2) is 14.4 Å². The lowest BCUT2D eigenvalue weighted by Crippen LogP contribution is -2.71. The first-order valence-corrected chi connectivity index (χ1v) is 11.8. The number of fused-ring (bicyclic) bond motifs is 6. The van der Waals surface area contributed by atoms with Crippen molar-refractivity contribution in [2.24, 2.45) is 0 Å². The quantitative estimate of drug-likeness (QED) is 0.195. The first-order valence-electron chi connectivity index (χ1n) is 11.8. The molecule has 1 atom stereocenters. The smallest absolute Gasteiger partial charge is 0.371 e. The third-order valence-corrected chi connectivity index (χ3v) is 8.07. The van der Waals surface area contributed by atoms with Gasteiger partial charge in [0.15, 0.2) is 17.4 Å². The maximum Gasteiger partial charge on any atom is 0.371 e.